The Balaban J connectivity index is 1.79. The van der Waals surface area contributed by atoms with Gasteiger partial charge in [0, 0.05) is 24.3 Å². The molecule has 31 heavy (non-hydrogen) atoms. The molecule has 0 aliphatic carbocycles. The van der Waals surface area contributed by atoms with E-state index in [0.717, 1.165) is 16.5 Å². The number of hydrogen-bond donors (Lipinski definition) is 1. The van der Waals surface area contributed by atoms with Crippen LogP contribution in [0.5, 0.6) is 0 Å². The average molecular weight is 414 g/mol. The highest BCUT2D eigenvalue weighted by atomic mass is 16.1. The van der Waals surface area contributed by atoms with E-state index in [2.05, 4.69) is 38.5 Å². The fourth-order valence-corrected chi connectivity index (χ4v) is 3.45. The maximum Gasteiger partial charge on any atom is 0.293 e. The third kappa shape index (κ3) is 3.96. The van der Waals surface area contributed by atoms with Crippen LogP contribution in [-0.4, -0.2) is 42.9 Å². The smallest absolute Gasteiger partial charge is 0.293 e. The Morgan fingerprint density at radius 3 is 2.90 bits per heavy atom. The first-order valence-corrected chi connectivity index (χ1v) is 9.67. The summed E-state index contributed by atoms with van der Waals surface area (Å²) in [5.41, 5.74) is 8.71. The van der Waals surface area contributed by atoms with Gasteiger partial charge in [0.05, 0.1) is 31.3 Å². The van der Waals surface area contributed by atoms with E-state index < -0.39 is 0 Å². The standard InChI is InChI=1S/C22H22N8O/c1-4-5-8-29-20-19(27-22(29)28(3)12-15(2)23)11-26-30(21(20)31)13-16-6-7-17-10-24-14-25-18(17)9-16/h6-7,9-11,14H,2,8,12-13,23H2,1,3H3. The second-order valence-corrected chi connectivity index (χ2v) is 7.20. The molecule has 0 saturated heterocycles. The van der Waals surface area contributed by atoms with Gasteiger partial charge in [-0.15, -0.1) is 5.92 Å². The second-order valence-electron chi connectivity index (χ2n) is 7.20. The van der Waals surface area contributed by atoms with Crippen LogP contribution in [0.4, 0.5) is 5.95 Å². The van der Waals surface area contributed by atoms with Gasteiger partial charge < -0.3 is 10.6 Å². The van der Waals surface area contributed by atoms with Crippen molar-refractivity contribution in [2.75, 3.05) is 18.5 Å². The zero-order chi connectivity index (χ0) is 22.0. The van der Waals surface area contributed by atoms with E-state index >= 15 is 0 Å². The lowest BCUT2D eigenvalue weighted by Gasteiger charge is -2.18. The summed E-state index contributed by atoms with van der Waals surface area (Å²) in [6, 6.07) is 5.80. The molecule has 0 unspecified atom stereocenters. The Morgan fingerprint density at radius 1 is 1.29 bits per heavy atom. The van der Waals surface area contributed by atoms with Crippen molar-refractivity contribution < 1.29 is 0 Å². The van der Waals surface area contributed by atoms with E-state index in [1.54, 1.807) is 23.9 Å². The number of nitrogens with zero attached hydrogens (tertiary/aromatic N) is 7. The topological polar surface area (TPSA) is 108 Å². The van der Waals surface area contributed by atoms with Crippen molar-refractivity contribution in [2.24, 2.45) is 5.73 Å². The molecule has 4 aromatic rings. The normalized spacial score (nSPS) is 10.8. The van der Waals surface area contributed by atoms with Crippen LogP contribution in [-0.2, 0) is 13.1 Å². The van der Waals surface area contributed by atoms with Crippen LogP contribution in [0.3, 0.4) is 0 Å². The van der Waals surface area contributed by atoms with E-state index in [9.17, 15) is 4.79 Å². The first kappa shape index (κ1) is 20.1. The van der Waals surface area contributed by atoms with Gasteiger partial charge in [-0.2, -0.15) is 5.10 Å². The zero-order valence-electron chi connectivity index (χ0n) is 17.4. The summed E-state index contributed by atoms with van der Waals surface area (Å²) in [6.45, 7) is 6.55. The molecule has 0 aliphatic heterocycles. The quantitative estimate of drug-likeness (QED) is 0.477. The molecule has 0 spiro atoms. The number of aromatic nitrogens is 6. The van der Waals surface area contributed by atoms with Crippen molar-refractivity contribution in [3.63, 3.8) is 0 Å². The molecular weight excluding hydrogens is 392 g/mol. The molecule has 0 atom stereocenters. The average Bonchev–Trinajstić information content (AvgIpc) is 3.13. The summed E-state index contributed by atoms with van der Waals surface area (Å²) in [5, 5.41) is 5.27. The monoisotopic (exact) mass is 414 g/mol. The van der Waals surface area contributed by atoms with Crippen LogP contribution in [0.1, 0.15) is 12.5 Å². The molecule has 0 aliphatic rings. The molecule has 2 N–H and O–H groups in total. The summed E-state index contributed by atoms with van der Waals surface area (Å²) in [7, 11) is 1.85. The van der Waals surface area contributed by atoms with E-state index in [1.165, 1.54) is 11.0 Å². The molecule has 0 amide bonds. The molecule has 1 aromatic carbocycles. The van der Waals surface area contributed by atoms with Gasteiger partial charge in [0.25, 0.3) is 5.56 Å². The molecule has 4 rings (SSSR count). The molecular formula is C22H22N8O. The van der Waals surface area contributed by atoms with Gasteiger partial charge in [0.1, 0.15) is 17.4 Å². The first-order valence-electron chi connectivity index (χ1n) is 9.67. The lowest BCUT2D eigenvalue weighted by Crippen LogP contribution is -2.28. The van der Waals surface area contributed by atoms with E-state index in [-0.39, 0.29) is 5.56 Å². The number of hydrogen-bond acceptors (Lipinski definition) is 7. The Bertz CT molecular complexity index is 1410. The van der Waals surface area contributed by atoms with Crippen molar-refractivity contribution in [3.05, 3.63) is 65.1 Å². The predicted molar refractivity (Wildman–Crippen MR) is 120 cm³/mol. The SMILES string of the molecule is C=C(N)CN(C)c1nc2cnn(Cc3ccc4cncnc4c3)c(=O)c2n1CC#CC. The van der Waals surface area contributed by atoms with Gasteiger partial charge in [-0.25, -0.2) is 19.6 Å². The van der Waals surface area contributed by atoms with Gasteiger partial charge in [0.15, 0.2) is 0 Å². The molecule has 156 valence electrons. The maximum absolute atomic E-state index is 13.3. The van der Waals surface area contributed by atoms with Gasteiger partial charge >= 0.3 is 0 Å². The van der Waals surface area contributed by atoms with Crippen LogP contribution in [0.25, 0.3) is 21.9 Å². The number of nitrogens with two attached hydrogens (primary N) is 1. The number of fused-ring (bicyclic) bond motifs is 2. The summed E-state index contributed by atoms with van der Waals surface area (Å²) in [4.78, 5) is 28.1. The highest BCUT2D eigenvalue weighted by molar-refractivity contribution is 5.78. The third-order valence-electron chi connectivity index (χ3n) is 4.83. The van der Waals surface area contributed by atoms with Gasteiger partial charge in [0.2, 0.25) is 5.95 Å². The molecule has 3 aromatic heterocycles. The molecule has 0 saturated carbocycles. The fourth-order valence-electron chi connectivity index (χ4n) is 3.45. The second kappa shape index (κ2) is 8.28. The summed E-state index contributed by atoms with van der Waals surface area (Å²) in [6.07, 6.45) is 4.86. The van der Waals surface area contributed by atoms with Crippen molar-refractivity contribution in [2.45, 2.75) is 20.0 Å². The van der Waals surface area contributed by atoms with Crippen LogP contribution >= 0.6 is 0 Å². The van der Waals surface area contributed by atoms with Crippen LogP contribution in [0, 0.1) is 11.8 Å². The molecule has 0 bridgehead atoms. The number of imidazole rings is 1. The predicted octanol–water partition coefficient (Wildman–Crippen LogP) is 1.52. The minimum Gasteiger partial charge on any atom is -0.401 e. The number of benzene rings is 1. The largest absolute Gasteiger partial charge is 0.401 e. The Morgan fingerprint density at radius 2 is 2.13 bits per heavy atom. The Kier molecular flexibility index (Phi) is 5.37. The molecule has 3 heterocycles. The van der Waals surface area contributed by atoms with Crippen LogP contribution in [0.15, 0.2) is 54.0 Å². The maximum atomic E-state index is 13.3. The number of anilines is 1. The summed E-state index contributed by atoms with van der Waals surface area (Å²) < 4.78 is 3.22. The van der Waals surface area contributed by atoms with Gasteiger partial charge in [-0.05, 0) is 18.6 Å². The lowest BCUT2D eigenvalue weighted by atomic mass is 10.1. The number of rotatable bonds is 6. The van der Waals surface area contributed by atoms with Gasteiger partial charge in [-0.1, -0.05) is 24.6 Å². The van der Waals surface area contributed by atoms with E-state index in [0.29, 0.717) is 42.3 Å². The summed E-state index contributed by atoms with van der Waals surface area (Å²) in [5.74, 6) is 6.48. The Hall–Kier alpha value is -4.19. The van der Waals surface area contributed by atoms with Crippen molar-refractivity contribution in [1.82, 2.24) is 29.3 Å². The molecule has 0 radical (unpaired) electrons. The molecule has 0 fully saturated rings. The zero-order valence-corrected chi connectivity index (χ0v) is 17.4. The first-order chi connectivity index (χ1) is 15.0. The minimum atomic E-state index is -0.239. The van der Waals surface area contributed by atoms with Crippen LogP contribution in [0.2, 0.25) is 0 Å². The van der Waals surface area contributed by atoms with Gasteiger partial charge in [-0.3, -0.25) is 9.36 Å². The lowest BCUT2D eigenvalue weighted by molar-refractivity contribution is 0.643. The van der Waals surface area contributed by atoms with Crippen molar-refractivity contribution >= 4 is 27.9 Å². The highest BCUT2D eigenvalue weighted by Gasteiger charge is 2.18. The van der Waals surface area contributed by atoms with E-state index in [1.807, 2.05) is 30.1 Å². The van der Waals surface area contributed by atoms with Crippen molar-refractivity contribution in [3.8, 4) is 11.8 Å². The third-order valence-corrected chi connectivity index (χ3v) is 4.83. The van der Waals surface area contributed by atoms with E-state index in [4.69, 9.17) is 5.73 Å². The van der Waals surface area contributed by atoms with Crippen molar-refractivity contribution in [1.29, 1.82) is 0 Å². The highest BCUT2D eigenvalue weighted by Crippen LogP contribution is 2.19. The van der Waals surface area contributed by atoms with Crippen LogP contribution < -0.4 is 16.2 Å². The summed E-state index contributed by atoms with van der Waals surface area (Å²) >= 11 is 0. The Labute approximate surface area is 178 Å². The number of likely N-dealkylation sites (N-methyl/N-ethyl adjacent to an activating group) is 1. The molecule has 9 heteroatoms. The fraction of sp³-hybridized carbons (Fsp3) is 0.227. The minimum absolute atomic E-state index is 0.239. The molecule has 9 nitrogen and oxygen atoms in total.